The number of hydrogen-bond acceptors (Lipinski definition) is 2. The maximum absolute atomic E-state index is 12.2. The smallest absolute Gasteiger partial charge is 0.405 e. The molecule has 2 atom stereocenters. The fourth-order valence-electron chi connectivity index (χ4n) is 2.83. The molecule has 0 radical (unpaired) electrons. The SMILES string of the molecule is CCC1CCCC(Nc2ccc(OC(F)(F)F)c(Br)c2)C1. The first-order chi connectivity index (χ1) is 9.87. The maximum atomic E-state index is 12.2. The van der Waals surface area contributed by atoms with Crippen LogP contribution in [0.15, 0.2) is 22.7 Å². The van der Waals surface area contributed by atoms with E-state index >= 15 is 0 Å². The van der Waals surface area contributed by atoms with Crippen molar-refractivity contribution in [1.29, 1.82) is 0 Å². The number of halogens is 4. The predicted octanol–water partition coefficient (Wildman–Crippen LogP) is 5.73. The monoisotopic (exact) mass is 365 g/mol. The highest BCUT2D eigenvalue weighted by atomic mass is 79.9. The molecule has 1 N–H and O–H groups in total. The first kappa shape index (κ1) is 16.5. The summed E-state index contributed by atoms with van der Waals surface area (Å²) in [6.07, 6.45) is 1.21. The Kier molecular flexibility index (Phi) is 5.41. The highest BCUT2D eigenvalue weighted by Gasteiger charge is 2.32. The van der Waals surface area contributed by atoms with Crippen LogP contribution in [0.4, 0.5) is 18.9 Å². The van der Waals surface area contributed by atoms with Crippen molar-refractivity contribution in [2.45, 2.75) is 51.4 Å². The first-order valence-corrected chi connectivity index (χ1v) is 7.98. The average molecular weight is 366 g/mol. The molecule has 0 aromatic heterocycles. The minimum absolute atomic E-state index is 0.219. The predicted molar refractivity (Wildman–Crippen MR) is 80.5 cm³/mol. The summed E-state index contributed by atoms with van der Waals surface area (Å²) in [5, 5.41) is 3.41. The van der Waals surface area contributed by atoms with E-state index in [0.717, 1.165) is 24.4 Å². The van der Waals surface area contributed by atoms with E-state index in [2.05, 4.69) is 32.9 Å². The molecule has 0 amide bonds. The second kappa shape index (κ2) is 6.90. The first-order valence-electron chi connectivity index (χ1n) is 7.19. The van der Waals surface area contributed by atoms with E-state index in [1.54, 1.807) is 12.1 Å². The molecule has 2 rings (SSSR count). The van der Waals surface area contributed by atoms with Crippen molar-refractivity contribution < 1.29 is 17.9 Å². The summed E-state index contributed by atoms with van der Waals surface area (Å²) >= 11 is 3.13. The number of ether oxygens (including phenoxy) is 1. The fourth-order valence-corrected chi connectivity index (χ4v) is 3.29. The Bertz CT molecular complexity index is 478. The topological polar surface area (TPSA) is 21.3 Å². The normalized spacial score (nSPS) is 22.9. The molecule has 2 nitrogen and oxygen atoms in total. The van der Waals surface area contributed by atoms with Crippen LogP contribution in [0.1, 0.15) is 39.0 Å². The molecular formula is C15H19BrF3NO. The highest BCUT2D eigenvalue weighted by Crippen LogP contribution is 2.34. The Labute approximate surface area is 131 Å². The Morgan fingerprint density at radius 3 is 2.71 bits per heavy atom. The van der Waals surface area contributed by atoms with Gasteiger partial charge in [0.25, 0.3) is 0 Å². The van der Waals surface area contributed by atoms with Crippen LogP contribution in [0.5, 0.6) is 5.75 Å². The van der Waals surface area contributed by atoms with Gasteiger partial charge < -0.3 is 10.1 Å². The van der Waals surface area contributed by atoms with E-state index in [4.69, 9.17) is 0 Å². The van der Waals surface area contributed by atoms with Crippen molar-refractivity contribution in [3.63, 3.8) is 0 Å². The van der Waals surface area contributed by atoms with Crippen molar-refractivity contribution in [2.24, 2.45) is 5.92 Å². The van der Waals surface area contributed by atoms with E-state index in [9.17, 15) is 13.2 Å². The van der Waals surface area contributed by atoms with Gasteiger partial charge in [0, 0.05) is 11.7 Å². The van der Waals surface area contributed by atoms with Crippen LogP contribution in [0.2, 0.25) is 0 Å². The summed E-state index contributed by atoms with van der Waals surface area (Å²) in [5.41, 5.74) is 0.818. The van der Waals surface area contributed by atoms with Gasteiger partial charge in [-0.1, -0.05) is 26.2 Å². The third-order valence-corrected chi connectivity index (χ3v) is 4.51. The zero-order valence-electron chi connectivity index (χ0n) is 11.8. The molecule has 1 aromatic carbocycles. The molecule has 6 heteroatoms. The summed E-state index contributed by atoms with van der Waals surface area (Å²) < 4.78 is 40.9. The zero-order chi connectivity index (χ0) is 15.5. The van der Waals surface area contributed by atoms with E-state index in [1.165, 1.54) is 25.3 Å². The Hall–Kier alpha value is -0.910. The van der Waals surface area contributed by atoms with Gasteiger partial charge in [0.15, 0.2) is 0 Å². The third-order valence-electron chi connectivity index (χ3n) is 3.89. The Morgan fingerprint density at radius 2 is 2.10 bits per heavy atom. The minimum Gasteiger partial charge on any atom is -0.405 e. The molecule has 0 spiro atoms. The van der Waals surface area contributed by atoms with E-state index in [0.29, 0.717) is 10.5 Å². The lowest BCUT2D eigenvalue weighted by Crippen LogP contribution is -2.27. The molecule has 0 saturated heterocycles. The molecule has 2 unspecified atom stereocenters. The van der Waals surface area contributed by atoms with Gasteiger partial charge in [-0.05, 0) is 52.9 Å². The van der Waals surface area contributed by atoms with Gasteiger partial charge in [-0.3, -0.25) is 0 Å². The van der Waals surface area contributed by atoms with Crippen LogP contribution in [-0.4, -0.2) is 12.4 Å². The second-order valence-electron chi connectivity index (χ2n) is 5.48. The van der Waals surface area contributed by atoms with Crippen molar-refractivity contribution in [3.8, 4) is 5.75 Å². The zero-order valence-corrected chi connectivity index (χ0v) is 13.4. The van der Waals surface area contributed by atoms with E-state index < -0.39 is 6.36 Å². The van der Waals surface area contributed by atoms with Gasteiger partial charge in [0.2, 0.25) is 0 Å². The Morgan fingerprint density at radius 1 is 1.33 bits per heavy atom. The number of anilines is 1. The number of nitrogens with one attached hydrogen (secondary N) is 1. The summed E-state index contributed by atoms with van der Waals surface area (Å²) in [7, 11) is 0. The summed E-state index contributed by atoms with van der Waals surface area (Å²) in [6, 6.07) is 4.99. The largest absolute Gasteiger partial charge is 0.573 e. The molecule has 1 aliphatic carbocycles. The van der Waals surface area contributed by atoms with Crippen LogP contribution in [-0.2, 0) is 0 Å². The van der Waals surface area contributed by atoms with Crippen LogP contribution in [0.3, 0.4) is 0 Å². The van der Waals surface area contributed by atoms with Gasteiger partial charge in [-0.15, -0.1) is 13.2 Å². The lowest BCUT2D eigenvalue weighted by atomic mass is 9.84. The molecule has 0 aliphatic heterocycles. The van der Waals surface area contributed by atoms with Gasteiger partial charge in [0.05, 0.1) is 4.47 Å². The quantitative estimate of drug-likeness (QED) is 0.735. The lowest BCUT2D eigenvalue weighted by Gasteiger charge is -2.30. The number of alkyl halides is 3. The van der Waals surface area contributed by atoms with Crippen LogP contribution in [0, 0.1) is 5.92 Å². The summed E-state index contributed by atoms with van der Waals surface area (Å²) in [4.78, 5) is 0. The van der Waals surface area contributed by atoms with Crippen LogP contribution >= 0.6 is 15.9 Å². The number of rotatable bonds is 4. The average Bonchev–Trinajstić information content (AvgIpc) is 2.41. The molecule has 1 aliphatic rings. The lowest BCUT2D eigenvalue weighted by molar-refractivity contribution is -0.274. The number of benzene rings is 1. The molecular weight excluding hydrogens is 347 g/mol. The van der Waals surface area contributed by atoms with Crippen molar-refractivity contribution in [1.82, 2.24) is 0 Å². The molecule has 1 aromatic rings. The van der Waals surface area contributed by atoms with E-state index in [-0.39, 0.29) is 5.75 Å². The standard InChI is InChI=1S/C15H19BrF3NO/c1-2-10-4-3-5-11(8-10)20-12-6-7-14(13(16)9-12)21-15(17,18)19/h6-7,9-11,20H,2-5,8H2,1H3. The highest BCUT2D eigenvalue weighted by molar-refractivity contribution is 9.10. The van der Waals surface area contributed by atoms with Gasteiger partial charge in [-0.2, -0.15) is 0 Å². The van der Waals surface area contributed by atoms with Gasteiger partial charge >= 0.3 is 6.36 Å². The molecule has 1 fully saturated rings. The van der Waals surface area contributed by atoms with Crippen molar-refractivity contribution >= 4 is 21.6 Å². The third kappa shape index (κ3) is 5.09. The molecule has 21 heavy (non-hydrogen) atoms. The number of hydrogen-bond donors (Lipinski definition) is 1. The molecule has 0 bridgehead atoms. The molecule has 1 saturated carbocycles. The van der Waals surface area contributed by atoms with Crippen molar-refractivity contribution in [2.75, 3.05) is 5.32 Å². The van der Waals surface area contributed by atoms with Crippen LogP contribution in [0.25, 0.3) is 0 Å². The van der Waals surface area contributed by atoms with Crippen LogP contribution < -0.4 is 10.1 Å². The minimum atomic E-state index is -4.67. The second-order valence-corrected chi connectivity index (χ2v) is 6.33. The summed E-state index contributed by atoms with van der Waals surface area (Å²) in [6.45, 7) is 2.20. The Balaban J connectivity index is 2.00. The van der Waals surface area contributed by atoms with Gasteiger partial charge in [-0.25, -0.2) is 0 Å². The fraction of sp³-hybridized carbons (Fsp3) is 0.600. The maximum Gasteiger partial charge on any atom is 0.573 e. The van der Waals surface area contributed by atoms with E-state index in [1.807, 2.05) is 0 Å². The van der Waals surface area contributed by atoms with Crippen molar-refractivity contribution in [3.05, 3.63) is 22.7 Å². The van der Waals surface area contributed by atoms with Gasteiger partial charge in [0.1, 0.15) is 5.75 Å². The molecule has 118 valence electrons. The molecule has 0 heterocycles. The summed E-state index contributed by atoms with van der Waals surface area (Å²) in [5.74, 6) is 0.524.